The molecule has 0 heterocycles. The Morgan fingerprint density at radius 3 is 2.48 bits per heavy atom. The largest absolute Gasteiger partial charge is 0.755 e. The number of ether oxygens (including phenoxy) is 1. The van der Waals surface area contributed by atoms with E-state index < -0.39 is 21.9 Å². The lowest BCUT2D eigenvalue weighted by molar-refractivity contribution is -0.385. The van der Waals surface area contributed by atoms with Crippen molar-refractivity contribution in [3.8, 4) is 5.75 Å². The molecular weight excluding hydrogens is 296 g/mol. The molecule has 0 fully saturated rings. The Hall–Kier alpha value is -2.45. The van der Waals surface area contributed by atoms with Crippen molar-refractivity contribution >= 4 is 22.6 Å². The monoisotopic (exact) mass is 307 g/mol. The van der Waals surface area contributed by atoms with Gasteiger partial charge in [-0.1, -0.05) is 36.4 Å². The van der Waals surface area contributed by atoms with Crippen LogP contribution >= 0.6 is 0 Å². The maximum absolute atomic E-state index is 11.1. The van der Waals surface area contributed by atoms with E-state index in [2.05, 4.69) is 0 Å². The first-order valence-corrected chi connectivity index (χ1v) is 6.95. The van der Waals surface area contributed by atoms with Crippen LogP contribution in [0.1, 0.15) is 5.56 Å². The summed E-state index contributed by atoms with van der Waals surface area (Å²) in [4.78, 5) is 10.4. The molecule has 2 aromatic carbocycles. The van der Waals surface area contributed by atoms with Gasteiger partial charge in [0.25, 0.3) is 0 Å². The first-order chi connectivity index (χ1) is 10.1. The average Bonchev–Trinajstić information content (AvgIpc) is 2.45. The molecule has 8 heteroatoms. The number of nitrogens with one attached hydrogen (secondary N) is 1. The number of nitrogens with zero attached hydrogens (tertiary/aromatic N) is 1. The van der Waals surface area contributed by atoms with Gasteiger partial charge in [-0.05, 0) is 17.7 Å². The Balaban J connectivity index is 2.26. The smallest absolute Gasteiger partial charge is 0.334 e. The fourth-order valence-corrected chi connectivity index (χ4v) is 2.08. The van der Waals surface area contributed by atoms with Crippen LogP contribution in [0.4, 0.5) is 11.4 Å². The van der Waals surface area contributed by atoms with Crippen LogP contribution in [0.3, 0.4) is 0 Å². The summed E-state index contributed by atoms with van der Waals surface area (Å²) >= 11 is -2.65. The zero-order valence-electron chi connectivity index (χ0n) is 10.7. The van der Waals surface area contributed by atoms with Gasteiger partial charge in [0.05, 0.1) is 4.92 Å². The van der Waals surface area contributed by atoms with E-state index in [1.54, 1.807) is 0 Å². The van der Waals surface area contributed by atoms with E-state index >= 15 is 0 Å². The molecule has 7 nitrogen and oxygen atoms in total. The molecule has 0 saturated carbocycles. The van der Waals surface area contributed by atoms with Gasteiger partial charge in [-0.15, -0.1) is 0 Å². The molecule has 2 aromatic rings. The summed E-state index contributed by atoms with van der Waals surface area (Å²) in [6.07, 6.45) is 0. The SMILES string of the molecule is O=[N+]([O-])c1c(NS(=O)[O-])cccc1OCc1ccccc1. The number of anilines is 1. The summed E-state index contributed by atoms with van der Waals surface area (Å²) in [7, 11) is 0. The van der Waals surface area contributed by atoms with Crippen LogP contribution in [-0.4, -0.2) is 13.7 Å². The van der Waals surface area contributed by atoms with Gasteiger partial charge in [0.15, 0.2) is 5.75 Å². The van der Waals surface area contributed by atoms with Crippen LogP contribution in [0, 0.1) is 10.1 Å². The molecule has 0 aliphatic rings. The zero-order chi connectivity index (χ0) is 15.2. The molecule has 0 aromatic heterocycles. The number of hydrogen-bond acceptors (Lipinski definition) is 5. The highest BCUT2D eigenvalue weighted by Crippen LogP contribution is 2.35. The number of nitro benzene ring substituents is 1. The van der Waals surface area contributed by atoms with Crippen LogP contribution in [0.2, 0.25) is 0 Å². The topological polar surface area (TPSA) is 105 Å². The summed E-state index contributed by atoms with van der Waals surface area (Å²) in [6.45, 7) is 0.144. The minimum absolute atomic E-state index is 0.000645. The molecule has 1 N–H and O–H groups in total. The summed E-state index contributed by atoms with van der Waals surface area (Å²) in [5.41, 5.74) is 0.286. The summed E-state index contributed by atoms with van der Waals surface area (Å²) in [6, 6.07) is 13.3. The molecule has 0 aliphatic heterocycles. The Morgan fingerprint density at radius 1 is 1.14 bits per heavy atom. The van der Waals surface area contributed by atoms with Gasteiger partial charge in [-0.2, -0.15) is 0 Å². The molecule has 21 heavy (non-hydrogen) atoms. The van der Waals surface area contributed by atoms with Gasteiger partial charge < -0.3 is 14.0 Å². The van der Waals surface area contributed by atoms with Gasteiger partial charge in [0.1, 0.15) is 12.3 Å². The Kier molecular flexibility index (Phi) is 4.85. The molecule has 1 atom stereocenters. The average molecular weight is 307 g/mol. The van der Waals surface area contributed by atoms with Gasteiger partial charge in [-0.25, -0.2) is 0 Å². The summed E-state index contributed by atoms with van der Waals surface area (Å²) in [5.74, 6) is -0.000645. The van der Waals surface area contributed by atoms with E-state index in [1.165, 1.54) is 18.2 Å². The third-order valence-corrected chi connectivity index (χ3v) is 3.00. The number of para-hydroxylation sites is 1. The Morgan fingerprint density at radius 2 is 1.86 bits per heavy atom. The predicted octanol–water partition coefficient (Wildman–Crippen LogP) is 2.38. The molecule has 0 amide bonds. The highest BCUT2D eigenvalue weighted by molar-refractivity contribution is 7.80. The third-order valence-electron chi connectivity index (χ3n) is 2.61. The number of nitro groups is 1. The van der Waals surface area contributed by atoms with Crippen molar-refractivity contribution in [3.05, 3.63) is 64.2 Å². The molecular formula is C13H11N2O5S-. The Labute approximate surface area is 123 Å². The predicted molar refractivity (Wildman–Crippen MR) is 76.4 cm³/mol. The maximum atomic E-state index is 11.1. The standard InChI is InChI=1S/C13H12N2O5S/c16-15(17)13-11(14-21(18)19)7-4-8-12(13)20-9-10-5-2-1-3-6-10/h1-8,14H,9H2,(H,18,19)/p-1. The molecule has 110 valence electrons. The highest BCUT2D eigenvalue weighted by Gasteiger charge is 2.21. The van der Waals surface area contributed by atoms with Gasteiger partial charge in [0, 0.05) is 11.3 Å². The Bertz CT molecular complexity index is 663. The highest BCUT2D eigenvalue weighted by atomic mass is 32.2. The van der Waals surface area contributed by atoms with Crippen molar-refractivity contribution in [1.29, 1.82) is 0 Å². The van der Waals surface area contributed by atoms with Crippen molar-refractivity contribution in [2.24, 2.45) is 0 Å². The second-order valence-corrected chi connectivity index (χ2v) is 4.69. The van der Waals surface area contributed by atoms with Crippen molar-refractivity contribution in [3.63, 3.8) is 0 Å². The quantitative estimate of drug-likeness (QED) is 0.501. The molecule has 0 radical (unpaired) electrons. The lowest BCUT2D eigenvalue weighted by atomic mass is 10.2. The molecule has 0 bridgehead atoms. The fraction of sp³-hybridized carbons (Fsp3) is 0.0769. The minimum atomic E-state index is -2.65. The maximum Gasteiger partial charge on any atom is 0.334 e. The van der Waals surface area contributed by atoms with Gasteiger partial charge >= 0.3 is 5.69 Å². The van der Waals surface area contributed by atoms with Crippen LogP contribution in [0.5, 0.6) is 5.75 Å². The van der Waals surface area contributed by atoms with E-state index in [-0.39, 0.29) is 18.0 Å². The molecule has 1 unspecified atom stereocenters. The first kappa shape index (κ1) is 14.9. The van der Waals surface area contributed by atoms with E-state index in [4.69, 9.17) is 4.74 Å². The third kappa shape index (κ3) is 4.01. The second kappa shape index (κ2) is 6.82. The van der Waals surface area contributed by atoms with Gasteiger partial charge in [0.2, 0.25) is 0 Å². The summed E-state index contributed by atoms with van der Waals surface area (Å²) in [5, 5.41) is 11.1. The zero-order valence-corrected chi connectivity index (χ0v) is 11.5. The number of benzene rings is 2. The van der Waals surface area contributed by atoms with E-state index in [1.807, 2.05) is 35.1 Å². The van der Waals surface area contributed by atoms with Crippen molar-refractivity contribution in [1.82, 2.24) is 0 Å². The minimum Gasteiger partial charge on any atom is -0.755 e. The molecule has 0 spiro atoms. The second-order valence-electron chi connectivity index (χ2n) is 4.02. The molecule has 0 saturated heterocycles. The van der Waals surface area contributed by atoms with E-state index in [0.717, 1.165) is 5.56 Å². The lowest BCUT2D eigenvalue weighted by Gasteiger charge is -2.12. The van der Waals surface area contributed by atoms with Crippen molar-refractivity contribution < 1.29 is 18.4 Å². The number of hydrogen-bond donors (Lipinski definition) is 1. The molecule has 2 rings (SSSR count). The normalized spacial score (nSPS) is 11.7. The van der Waals surface area contributed by atoms with E-state index in [0.29, 0.717) is 0 Å². The van der Waals surface area contributed by atoms with Crippen LogP contribution < -0.4 is 9.46 Å². The van der Waals surface area contributed by atoms with Crippen LogP contribution in [0.25, 0.3) is 0 Å². The van der Waals surface area contributed by atoms with Crippen LogP contribution in [-0.2, 0) is 17.9 Å². The van der Waals surface area contributed by atoms with Crippen LogP contribution in [0.15, 0.2) is 48.5 Å². The number of rotatable bonds is 6. The fourth-order valence-electron chi connectivity index (χ4n) is 1.73. The first-order valence-electron chi connectivity index (χ1n) is 5.88. The summed E-state index contributed by atoms with van der Waals surface area (Å²) < 4.78 is 28.7. The van der Waals surface area contributed by atoms with Gasteiger partial charge in [-0.3, -0.25) is 14.3 Å². The lowest BCUT2D eigenvalue weighted by Crippen LogP contribution is -2.06. The van der Waals surface area contributed by atoms with Crippen molar-refractivity contribution in [2.45, 2.75) is 6.61 Å². The van der Waals surface area contributed by atoms with E-state index in [9.17, 15) is 18.9 Å². The molecule has 0 aliphatic carbocycles. The van der Waals surface area contributed by atoms with Crippen molar-refractivity contribution in [2.75, 3.05) is 4.72 Å².